The lowest BCUT2D eigenvalue weighted by Gasteiger charge is -2.26. The number of carbonyl (C=O) groups is 2. The molecule has 0 unspecified atom stereocenters. The Bertz CT molecular complexity index is 504. The molecule has 116 valence electrons. The minimum absolute atomic E-state index is 0.0952. The zero-order chi connectivity index (χ0) is 16.2. The third-order valence-corrected chi connectivity index (χ3v) is 2.63. The molecule has 0 aliphatic rings. The molecule has 0 spiro atoms. The smallest absolute Gasteiger partial charge is 0.329 e. The number of hydrogen-bond donors (Lipinski definition) is 1. The monoisotopic (exact) mass is 293 g/mol. The van der Waals surface area contributed by atoms with Gasteiger partial charge in [-0.3, -0.25) is 9.78 Å². The number of nitrogens with zero attached hydrogens (tertiary/aromatic N) is 2. The number of nitrogens with one attached hydrogen (secondary N) is 1. The molecule has 0 aliphatic heterocycles. The lowest BCUT2D eigenvalue weighted by atomic mass is 10.0. The lowest BCUT2D eigenvalue weighted by Crippen LogP contribution is -2.47. The lowest BCUT2D eigenvalue weighted by molar-refractivity contribution is -0.158. The molecule has 0 saturated heterocycles. The Balaban J connectivity index is 2.81. The minimum atomic E-state index is -0.722. The molecular weight excluding hydrogens is 270 g/mol. The Morgan fingerprint density at radius 1 is 1.19 bits per heavy atom. The van der Waals surface area contributed by atoms with Crippen molar-refractivity contribution in [1.82, 2.24) is 15.3 Å². The second kappa shape index (κ2) is 6.65. The highest BCUT2D eigenvalue weighted by atomic mass is 16.6. The van der Waals surface area contributed by atoms with E-state index in [0.717, 1.165) is 5.69 Å². The third kappa shape index (κ3) is 5.49. The Labute approximate surface area is 125 Å². The summed E-state index contributed by atoms with van der Waals surface area (Å²) in [5.41, 5.74) is 0.299. The molecule has 6 nitrogen and oxygen atoms in total. The van der Waals surface area contributed by atoms with E-state index in [1.165, 1.54) is 12.4 Å². The molecule has 0 aromatic carbocycles. The zero-order valence-corrected chi connectivity index (χ0v) is 13.4. The van der Waals surface area contributed by atoms with Crippen molar-refractivity contribution in [3.63, 3.8) is 0 Å². The fraction of sp³-hybridized carbons (Fsp3) is 0.600. The molecule has 21 heavy (non-hydrogen) atoms. The number of amides is 1. The van der Waals surface area contributed by atoms with Crippen molar-refractivity contribution in [2.24, 2.45) is 5.92 Å². The molecule has 1 N–H and O–H groups in total. The molecule has 0 fully saturated rings. The summed E-state index contributed by atoms with van der Waals surface area (Å²) < 4.78 is 5.33. The third-order valence-electron chi connectivity index (χ3n) is 2.63. The normalized spacial score (nSPS) is 12.9. The van der Waals surface area contributed by atoms with Crippen molar-refractivity contribution >= 4 is 11.9 Å². The largest absolute Gasteiger partial charge is 0.458 e. The second-order valence-electron chi connectivity index (χ2n) is 6.27. The van der Waals surface area contributed by atoms with Crippen LogP contribution in [0.5, 0.6) is 0 Å². The van der Waals surface area contributed by atoms with E-state index in [1.54, 1.807) is 27.7 Å². The molecule has 1 aromatic rings. The summed E-state index contributed by atoms with van der Waals surface area (Å²) >= 11 is 0. The van der Waals surface area contributed by atoms with Crippen LogP contribution in [0.1, 0.15) is 50.8 Å². The minimum Gasteiger partial charge on any atom is -0.458 e. The van der Waals surface area contributed by atoms with Gasteiger partial charge in [0.15, 0.2) is 0 Å². The number of aromatic nitrogens is 2. The standard InChI is InChI=1S/C15H23N3O3/c1-9(2)12(14(20)21-15(4,5)6)18-13(19)11-8-16-10(3)7-17-11/h7-9,12H,1-6H3,(H,18,19)/t12-/m1/s1. The number of hydrogen-bond acceptors (Lipinski definition) is 5. The topological polar surface area (TPSA) is 81.2 Å². The van der Waals surface area contributed by atoms with Gasteiger partial charge in [0.05, 0.1) is 11.9 Å². The molecule has 1 aromatic heterocycles. The fourth-order valence-electron chi connectivity index (χ4n) is 1.59. The molecular formula is C15H23N3O3. The van der Waals surface area contributed by atoms with E-state index >= 15 is 0 Å². The van der Waals surface area contributed by atoms with E-state index in [2.05, 4.69) is 15.3 Å². The first kappa shape index (κ1) is 17.1. The van der Waals surface area contributed by atoms with E-state index in [-0.39, 0.29) is 11.6 Å². The second-order valence-corrected chi connectivity index (χ2v) is 6.27. The summed E-state index contributed by atoms with van der Waals surface area (Å²) in [5, 5.41) is 2.66. The van der Waals surface area contributed by atoms with Crippen molar-refractivity contribution in [1.29, 1.82) is 0 Å². The summed E-state index contributed by atoms with van der Waals surface area (Å²) in [6.45, 7) is 10.8. The first-order chi connectivity index (χ1) is 9.60. The SMILES string of the molecule is Cc1cnc(C(=O)N[C@@H](C(=O)OC(C)(C)C)C(C)C)cn1. The fourth-order valence-corrected chi connectivity index (χ4v) is 1.59. The maximum absolute atomic E-state index is 12.1. The van der Waals surface area contributed by atoms with Crippen LogP contribution in [0, 0.1) is 12.8 Å². The number of aryl methyl sites for hydroxylation is 1. The van der Waals surface area contributed by atoms with Gasteiger partial charge in [0, 0.05) is 6.20 Å². The van der Waals surface area contributed by atoms with Gasteiger partial charge in [0.1, 0.15) is 17.3 Å². The number of ether oxygens (including phenoxy) is 1. The first-order valence-corrected chi connectivity index (χ1v) is 6.92. The Morgan fingerprint density at radius 3 is 2.24 bits per heavy atom. The predicted molar refractivity (Wildman–Crippen MR) is 78.7 cm³/mol. The average Bonchev–Trinajstić information content (AvgIpc) is 2.33. The van der Waals surface area contributed by atoms with Crippen molar-refractivity contribution in [2.75, 3.05) is 0 Å². The summed E-state index contributed by atoms with van der Waals surface area (Å²) in [5.74, 6) is -0.986. The average molecular weight is 293 g/mol. The number of esters is 1. The van der Waals surface area contributed by atoms with Gasteiger partial charge in [-0.05, 0) is 33.6 Å². The summed E-state index contributed by atoms with van der Waals surface area (Å²) in [6, 6.07) is -0.722. The van der Waals surface area contributed by atoms with E-state index < -0.39 is 23.5 Å². The molecule has 6 heteroatoms. The van der Waals surface area contributed by atoms with Crippen LogP contribution in [-0.2, 0) is 9.53 Å². The molecule has 0 saturated carbocycles. The van der Waals surface area contributed by atoms with Crippen molar-refractivity contribution in [3.8, 4) is 0 Å². The number of rotatable bonds is 4. The van der Waals surface area contributed by atoms with Crippen molar-refractivity contribution in [3.05, 3.63) is 23.8 Å². The van der Waals surface area contributed by atoms with Crippen LogP contribution < -0.4 is 5.32 Å². The van der Waals surface area contributed by atoms with E-state index in [0.29, 0.717) is 0 Å². The molecule has 1 heterocycles. The highest BCUT2D eigenvalue weighted by molar-refractivity contribution is 5.95. The predicted octanol–water partition coefficient (Wildman–Crippen LogP) is 1.88. The first-order valence-electron chi connectivity index (χ1n) is 6.92. The molecule has 0 bridgehead atoms. The zero-order valence-electron chi connectivity index (χ0n) is 13.4. The van der Waals surface area contributed by atoms with Crippen LogP contribution in [-0.4, -0.2) is 33.5 Å². The molecule has 1 atom stereocenters. The quantitative estimate of drug-likeness (QED) is 0.857. The molecule has 1 amide bonds. The van der Waals surface area contributed by atoms with Gasteiger partial charge in [0.2, 0.25) is 0 Å². The Morgan fingerprint density at radius 2 is 1.81 bits per heavy atom. The highest BCUT2D eigenvalue weighted by Gasteiger charge is 2.29. The summed E-state index contributed by atoms with van der Waals surface area (Å²) in [6.07, 6.45) is 2.89. The van der Waals surface area contributed by atoms with Gasteiger partial charge in [-0.15, -0.1) is 0 Å². The molecule has 0 radical (unpaired) electrons. The highest BCUT2D eigenvalue weighted by Crippen LogP contribution is 2.12. The van der Waals surface area contributed by atoms with Crippen molar-refractivity contribution in [2.45, 2.75) is 53.2 Å². The van der Waals surface area contributed by atoms with Gasteiger partial charge >= 0.3 is 5.97 Å². The van der Waals surface area contributed by atoms with E-state index in [1.807, 2.05) is 13.8 Å². The Hall–Kier alpha value is -1.98. The van der Waals surface area contributed by atoms with Crippen LogP contribution >= 0.6 is 0 Å². The van der Waals surface area contributed by atoms with Crippen molar-refractivity contribution < 1.29 is 14.3 Å². The van der Waals surface area contributed by atoms with Gasteiger partial charge in [-0.2, -0.15) is 0 Å². The van der Waals surface area contributed by atoms with Crippen LogP contribution in [0.4, 0.5) is 0 Å². The maximum atomic E-state index is 12.1. The maximum Gasteiger partial charge on any atom is 0.329 e. The summed E-state index contributed by atoms with van der Waals surface area (Å²) in [7, 11) is 0. The van der Waals surface area contributed by atoms with Crippen LogP contribution in [0.2, 0.25) is 0 Å². The molecule has 0 aliphatic carbocycles. The number of carbonyl (C=O) groups excluding carboxylic acids is 2. The van der Waals surface area contributed by atoms with Crippen LogP contribution in [0.15, 0.2) is 12.4 Å². The van der Waals surface area contributed by atoms with Crippen LogP contribution in [0.25, 0.3) is 0 Å². The Kier molecular flexibility index (Phi) is 5.41. The summed E-state index contributed by atoms with van der Waals surface area (Å²) in [4.78, 5) is 32.3. The van der Waals surface area contributed by atoms with Gasteiger partial charge in [-0.1, -0.05) is 13.8 Å². The van der Waals surface area contributed by atoms with Gasteiger partial charge in [0.25, 0.3) is 5.91 Å². The van der Waals surface area contributed by atoms with Crippen LogP contribution in [0.3, 0.4) is 0 Å². The van der Waals surface area contributed by atoms with Gasteiger partial charge in [-0.25, -0.2) is 9.78 Å². The molecule has 1 rings (SSSR count). The van der Waals surface area contributed by atoms with E-state index in [4.69, 9.17) is 4.74 Å². The van der Waals surface area contributed by atoms with Gasteiger partial charge < -0.3 is 10.1 Å². The van der Waals surface area contributed by atoms with E-state index in [9.17, 15) is 9.59 Å².